The molecule has 11 heteroatoms. The van der Waals surface area contributed by atoms with Crippen molar-refractivity contribution in [3.63, 3.8) is 0 Å². The Labute approximate surface area is 219 Å². The number of unbranched alkanes of at least 4 members (excludes halogenated alkanes) is 3. The Morgan fingerprint density at radius 2 is 1.92 bits per heavy atom. The number of aliphatic hydroxyl groups is 2. The number of carbonyl (C=O) groups is 5. The third-order valence-electron chi connectivity index (χ3n) is 8.13. The van der Waals surface area contributed by atoms with Crippen LogP contribution >= 0.6 is 0 Å². The monoisotopic (exact) mass is 532 g/mol. The SMILES string of the molecule is CCCCCCC1C=C(C2(C(=O)OC)CC(C(O)C3CC=CC(=O)O3)CC23C(=O)OC(=O)C3=CO)C(=O)O1. The molecule has 0 radical (unpaired) electrons. The van der Waals surface area contributed by atoms with Crippen molar-refractivity contribution >= 4 is 29.8 Å². The molecule has 0 aromatic heterocycles. The molecule has 6 atom stereocenters. The van der Waals surface area contributed by atoms with Crippen molar-refractivity contribution in [3.8, 4) is 0 Å². The van der Waals surface area contributed by atoms with Crippen LogP contribution in [-0.2, 0) is 42.9 Å². The van der Waals surface area contributed by atoms with Crippen molar-refractivity contribution in [2.75, 3.05) is 7.11 Å². The Balaban J connectivity index is 1.82. The van der Waals surface area contributed by atoms with Gasteiger partial charge in [-0.3, -0.25) is 9.59 Å². The van der Waals surface area contributed by atoms with E-state index >= 15 is 0 Å². The van der Waals surface area contributed by atoms with Crippen molar-refractivity contribution in [2.24, 2.45) is 16.7 Å². The summed E-state index contributed by atoms with van der Waals surface area (Å²) in [7, 11) is 1.07. The Morgan fingerprint density at radius 3 is 2.58 bits per heavy atom. The van der Waals surface area contributed by atoms with Gasteiger partial charge in [-0.25, -0.2) is 14.4 Å². The van der Waals surface area contributed by atoms with E-state index in [1.54, 1.807) is 0 Å². The molecule has 0 amide bonds. The van der Waals surface area contributed by atoms with E-state index < -0.39 is 70.5 Å². The largest absolute Gasteiger partial charge is 0.515 e. The highest BCUT2D eigenvalue weighted by molar-refractivity contribution is 6.15. The highest BCUT2D eigenvalue weighted by Crippen LogP contribution is 2.67. The summed E-state index contributed by atoms with van der Waals surface area (Å²) in [6.07, 6.45) is 5.25. The molecule has 0 aromatic carbocycles. The molecule has 4 rings (SSSR count). The van der Waals surface area contributed by atoms with Crippen LogP contribution in [0.3, 0.4) is 0 Å². The van der Waals surface area contributed by atoms with Gasteiger partial charge in [-0.1, -0.05) is 32.3 Å². The number of carbonyl (C=O) groups excluding carboxylic acids is 5. The van der Waals surface area contributed by atoms with Crippen molar-refractivity contribution in [1.29, 1.82) is 0 Å². The van der Waals surface area contributed by atoms with Crippen LogP contribution < -0.4 is 0 Å². The van der Waals surface area contributed by atoms with E-state index in [2.05, 4.69) is 6.92 Å². The summed E-state index contributed by atoms with van der Waals surface area (Å²) in [6.45, 7) is 2.07. The van der Waals surface area contributed by atoms with Gasteiger partial charge in [-0.2, -0.15) is 0 Å². The standard InChI is InChI=1S/C27H32O11/c1-3-4-5-6-8-16-11-17(22(31)36-16)26(24(33)35-2)12-15(21(30)19-9-7-10-20(29)37-19)13-27(26)18(14-28)23(32)38-25(27)34/h7,10-11,14-16,19,21,28,30H,3-6,8-9,12-13H2,1-2H3. The van der Waals surface area contributed by atoms with Crippen molar-refractivity contribution in [1.82, 2.24) is 0 Å². The van der Waals surface area contributed by atoms with E-state index in [0.717, 1.165) is 32.8 Å². The minimum Gasteiger partial charge on any atom is -0.515 e. The summed E-state index contributed by atoms with van der Waals surface area (Å²) in [4.78, 5) is 64.8. The first-order valence-corrected chi connectivity index (χ1v) is 12.8. The fourth-order valence-electron chi connectivity index (χ4n) is 6.37. The number of rotatable bonds is 9. The van der Waals surface area contributed by atoms with Crippen LogP contribution in [0, 0.1) is 16.7 Å². The van der Waals surface area contributed by atoms with Crippen LogP contribution in [-0.4, -0.2) is 65.5 Å². The average molecular weight is 533 g/mol. The molecule has 6 unspecified atom stereocenters. The van der Waals surface area contributed by atoms with Gasteiger partial charge in [0.15, 0.2) is 0 Å². The molecule has 206 valence electrons. The molecule has 2 fully saturated rings. The van der Waals surface area contributed by atoms with Gasteiger partial charge in [0, 0.05) is 12.5 Å². The molecule has 4 aliphatic rings. The first-order valence-electron chi connectivity index (χ1n) is 12.8. The minimum absolute atomic E-state index is 0.179. The normalized spacial score (nSPS) is 34.3. The number of ether oxygens (including phenoxy) is 4. The quantitative estimate of drug-likeness (QED) is 0.112. The third kappa shape index (κ3) is 4.22. The Hall–Kier alpha value is -3.47. The van der Waals surface area contributed by atoms with Crippen molar-refractivity contribution in [3.05, 3.63) is 35.6 Å². The third-order valence-corrected chi connectivity index (χ3v) is 8.13. The highest BCUT2D eigenvalue weighted by Gasteiger charge is 2.77. The first-order chi connectivity index (χ1) is 18.2. The van der Waals surface area contributed by atoms with Gasteiger partial charge in [0.05, 0.1) is 30.6 Å². The summed E-state index contributed by atoms with van der Waals surface area (Å²) in [5, 5.41) is 21.3. The molecule has 3 aliphatic heterocycles. The molecule has 3 heterocycles. The summed E-state index contributed by atoms with van der Waals surface area (Å²) in [5.41, 5.74) is -5.03. The first kappa shape index (κ1) is 27.6. The van der Waals surface area contributed by atoms with Crippen molar-refractivity contribution in [2.45, 2.75) is 76.6 Å². The molecule has 11 nitrogen and oxygen atoms in total. The maximum atomic E-state index is 13.7. The summed E-state index contributed by atoms with van der Waals surface area (Å²) in [6, 6.07) is 0. The Kier molecular flexibility index (Phi) is 7.78. The molecule has 1 spiro atoms. The second-order valence-corrected chi connectivity index (χ2v) is 10.2. The molecule has 1 aliphatic carbocycles. The summed E-state index contributed by atoms with van der Waals surface area (Å²) >= 11 is 0. The lowest BCUT2D eigenvalue weighted by molar-refractivity contribution is -0.167. The molecule has 2 N–H and O–H groups in total. The van der Waals surface area contributed by atoms with Crippen LogP contribution in [0.25, 0.3) is 0 Å². The lowest BCUT2D eigenvalue weighted by Gasteiger charge is -2.37. The van der Waals surface area contributed by atoms with Crippen molar-refractivity contribution < 1.29 is 53.1 Å². The number of hydrogen-bond donors (Lipinski definition) is 2. The second kappa shape index (κ2) is 10.7. The summed E-state index contributed by atoms with van der Waals surface area (Å²) in [5.74, 6) is -5.80. The van der Waals surface area contributed by atoms with Crippen LogP contribution in [0.5, 0.6) is 0 Å². The van der Waals surface area contributed by atoms with Gasteiger partial charge in [0.1, 0.15) is 23.0 Å². The van der Waals surface area contributed by atoms with Gasteiger partial charge in [0.25, 0.3) is 0 Å². The van der Waals surface area contributed by atoms with Crippen LogP contribution in [0.4, 0.5) is 0 Å². The number of esters is 5. The Bertz CT molecular complexity index is 1120. The summed E-state index contributed by atoms with van der Waals surface area (Å²) < 4.78 is 20.8. The predicted octanol–water partition coefficient (Wildman–Crippen LogP) is 2.12. The second-order valence-electron chi connectivity index (χ2n) is 10.2. The fourth-order valence-corrected chi connectivity index (χ4v) is 6.37. The van der Waals surface area contributed by atoms with E-state index in [9.17, 15) is 34.2 Å². The lowest BCUT2D eigenvalue weighted by Crippen LogP contribution is -2.51. The number of hydrogen-bond acceptors (Lipinski definition) is 11. The van der Waals surface area contributed by atoms with E-state index in [4.69, 9.17) is 18.9 Å². The number of methoxy groups -OCH3 is 1. The van der Waals surface area contributed by atoms with Gasteiger partial charge < -0.3 is 29.2 Å². The predicted molar refractivity (Wildman–Crippen MR) is 128 cm³/mol. The maximum Gasteiger partial charge on any atom is 0.346 e. The van der Waals surface area contributed by atoms with Gasteiger partial charge in [0.2, 0.25) is 0 Å². The lowest BCUT2D eigenvalue weighted by atomic mass is 9.59. The van der Waals surface area contributed by atoms with Gasteiger partial charge >= 0.3 is 29.8 Å². The average Bonchev–Trinajstić information content (AvgIpc) is 3.52. The zero-order chi connectivity index (χ0) is 27.7. The molecule has 38 heavy (non-hydrogen) atoms. The topological polar surface area (TPSA) is 163 Å². The zero-order valence-electron chi connectivity index (χ0n) is 21.3. The zero-order valence-corrected chi connectivity index (χ0v) is 21.3. The highest BCUT2D eigenvalue weighted by atomic mass is 16.6. The molecular weight excluding hydrogens is 500 g/mol. The van der Waals surface area contributed by atoms with Crippen LogP contribution in [0.2, 0.25) is 0 Å². The fraction of sp³-hybridized carbons (Fsp3) is 0.593. The van der Waals surface area contributed by atoms with Gasteiger partial charge in [-0.15, -0.1) is 0 Å². The molecule has 0 aromatic rings. The molecule has 1 saturated heterocycles. The van der Waals surface area contributed by atoms with Gasteiger partial charge in [-0.05, 0) is 37.7 Å². The molecule has 0 bridgehead atoms. The number of aliphatic hydroxyl groups excluding tert-OH is 2. The van der Waals surface area contributed by atoms with Crippen LogP contribution in [0.15, 0.2) is 35.6 Å². The Morgan fingerprint density at radius 1 is 1.16 bits per heavy atom. The van der Waals surface area contributed by atoms with E-state index in [1.807, 2.05) is 0 Å². The smallest absolute Gasteiger partial charge is 0.346 e. The van der Waals surface area contributed by atoms with E-state index in [-0.39, 0.29) is 24.8 Å². The molecular formula is C27H32O11. The maximum absolute atomic E-state index is 13.7. The molecule has 1 saturated carbocycles. The van der Waals surface area contributed by atoms with E-state index in [0.29, 0.717) is 12.7 Å². The van der Waals surface area contributed by atoms with Crippen LogP contribution in [0.1, 0.15) is 58.3 Å². The van der Waals surface area contributed by atoms with E-state index in [1.165, 1.54) is 18.2 Å². The minimum atomic E-state index is -2.17. The number of cyclic esters (lactones) is 4.